The second-order valence-electron chi connectivity index (χ2n) is 9.03. The lowest BCUT2D eigenvalue weighted by Crippen LogP contribution is -2.15. The van der Waals surface area contributed by atoms with Crippen LogP contribution in [0, 0.1) is 18.3 Å². The van der Waals surface area contributed by atoms with E-state index in [9.17, 15) is 5.26 Å². The first-order chi connectivity index (χ1) is 16.6. The molecular formula is C29H30N4O. The normalized spacial score (nSPS) is 16.4. The largest absolute Gasteiger partial charge is 0.378 e. The average molecular weight is 451 g/mol. The lowest BCUT2D eigenvalue weighted by molar-refractivity contribution is 0.0499. The van der Waals surface area contributed by atoms with E-state index in [0.29, 0.717) is 5.56 Å². The van der Waals surface area contributed by atoms with Gasteiger partial charge in [0.15, 0.2) is 0 Å². The number of rotatable bonds is 5. The van der Waals surface area contributed by atoms with E-state index in [1.54, 1.807) is 0 Å². The third-order valence-corrected chi connectivity index (χ3v) is 6.57. The van der Waals surface area contributed by atoms with E-state index < -0.39 is 0 Å². The van der Waals surface area contributed by atoms with Gasteiger partial charge in [-0.3, -0.25) is 4.68 Å². The molecule has 34 heavy (non-hydrogen) atoms. The summed E-state index contributed by atoms with van der Waals surface area (Å²) >= 11 is 0. The summed E-state index contributed by atoms with van der Waals surface area (Å²) in [5.41, 5.74) is 9.07. The van der Waals surface area contributed by atoms with Crippen LogP contribution in [0.4, 0.5) is 0 Å². The molecule has 0 unspecified atom stereocenters. The molecule has 4 aromatic rings. The average Bonchev–Trinajstić information content (AvgIpc) is 3.14. The number of aromatic nitrogens is 3. The molecule has 5 nitrogen and oxygen atoms in total. The zero-order valence-corrected chi connectivity index (χ0v) is 19.5. The molecule has 0 aliphatic carbocycles. The summed E-state index contributed by atoms with van der Waals surface area (Å²) in [6.45, 7) is 7.74. The van der Waals surface area contributed by atoms with Crippen molar-refractivity contribution in [2.45, 2.75) is 45.3 Å². The van der Waals surface area contributed by atoms with Crippen LogP contribution in [0.3, 0.4) is 0 Å². The van der Waals surface area contributed by atoms with Gasteiger partial charge in [0.1, 0.15) is 5.52 Å². The summed E-state index contributed by atoms with van der Waals surface area (Å²) in [6, 6.07) is 20.5. The van der Waals surface area contributed by atoms with Crippen LogP contribution < -0.4 is 0 Å². The van der Waals surface area contributed by atoms with Crippen LogP contribution in [0.5, 0.6) is 0 Å². The van der Waals surface area contributed by atoms with E-state index >= 15 is 0 Å². The van der Waals surface area contributed by atoms with Gasteiger partial charge in [-0.25, -0.2) is 4.98 Å². The number of hydrogen-bond acceptors (Lipinski definition) is 4. The Morgan fingerprint density at radius 2 is 1.88 bits per heavy atom. The molecule has 0 amide bonds. The van der Waals surface area contributed by atoms with E-state index in [1.807, 2.05) is 35.1 Å². The number of ether oxygens (including phenoxy) is 1. The molecular weight excluding hydrogens is 420 g/mol. The van der Waals surface area contributed by atoms with E-state index in [-0.39, 0.29) is 7.53 Å². The highest BCUT2D eigenvalue weighted by atomic mass is 16.5. The summed E-state index contributed by atoms with van der Waals surface area (Å²) in [7, 11) is 0. The predicted octanol–water partition coefficient (Wildman–Crippen LogP) is 6.71. The van der Waals surface area contributed by atoms with Crippen molar-refractivity contribution >= 4 is 11.0 Å². The Kier molecular flexibility index (Phi) is 6.24. The molecule has 2 aromatic heterocycles. The Hall–Kier alpha value is -3.75. The lowest BCUT2D eigenvalue weighted by atomic mass is 9.97. The highest BCUT2D eigenvalue weighted by Gasteiger charge is 2.17. The zero-order valence-electron chi connectivity index (χ0n) is 19.5. The Morgan fingerprint density at radius 1 is 1.12 bits per heavy atom. The fraction of sp³-hybridized carbons (Fsp3) is 0.276. The van der Waals surface area contributed by atoms with Crippen molar-refractivity contribution in [3.05, 3.63) is 84.1 Å². The molecule has 0 spiro atoms. The summed E-state index contributed by atoms with van der Waals surface area (Å²) in [6.07, 6.45) is 6.01. The Labute approximate surface area is 201 Å². The number of nitrogens with zero attached hydrogens (tertiary/aromatic N) is 4. The predicted molar refractivity (Wildman–Crippen MR) is 137 cm³/mol. The van der Waals surface area contributed by atoms with Gasteiger partial charge in [-0.1, -0.05) is 54.1 Å². The van der Waals surface area contributed by atoms with Gasteiger partial charge < -0.3 is 4.74 Å². The molecule has 0 radical (unpaired) electrons. The number of fused-ring (bicyclic) bond motifs is 1. The quantitative estimate of drug-likeness (QED) is 0.317. The van der Waals surface area contributed by atoms with E-state index in [2.05, 4.69) is 55.0 Å². The minimum atomic E-state index is 0. The molecule has 5 heteroatoms. The summed E-state index contributed by atoms with van der Waals surface area (Å²) in [5.74, 6) is 0. The minimum absolute atomic E-state index is 0. The molecule has 1 saturated heterocycles. The fourth-order valence-electron chi connectivity index (χ4n) is 4.50. The van der Waals surface area contributed by atoms with Gasteiger partial charge in [-0.05, 0) is 56.4 Å². The smallest absolute Gasteiger partial charge is 0.109 e. The Bertz CT molecular complexity index is 1370. The van der Waals surface area contributed by atoms with E-state index in [1.165, 1.54) is 11.1 Å². The number of aryl methyl sites for hydroxylation is 2. The number of benzene rings is 2. The Morgan fingerprint density at radius 3 is 2.65 bits per heavy atom. The van der Waals surface area contributed by atoms with Crippen LogP contribution in [0.25, 0.3) is 33.4 Å². The molecule has 0 saturated carbocycles. The maximum Gasteiger partial charge on any atom is 0.109 e. The standard InChI is InChI=1S/C29H28N4O.H2/c1-20-3-8-24(9-4-20)29-26(23-10-6-22(18-30)7-11-23)17-28-27(32-29)19-31-33(28)15-13-25-12-5-21(2)14-16-34-25;/h3-4,6-11,17,19,25H,2,5,12-16H2,1H3;1H/t25-;/m0./s1. The molecule has 0 N–H and O–H groups in total. The molecule has 3 heterocycles. The maximum atomic E-state index is 9.22. The van der Waals surface area contributed by atoms with Gasteiger partial charge in [-0.2, -0.15) is 10.4 Å². The van der Waals surface area contributed by atoms with Gasteiger partial charge >= 0.3 is 0 Å². The summed E-state index contributed by atoms with van der Waals surface area (Å²) in [5, 5.41) is 13.9. The number of nitriles is 1. The SMILES string of the molecule is C=C1CCO[C@H](CCn2ncc3nc(-c4ccc(C)cc4)c(-c4ccc(C#N)cc4)cc32)CC1.[HH]. The molecule has 5 rings (SSSR count). The minimum Gasteiger partial charge on any atom is -0.378 e. The van der Waals surface area contributed by atoms with Crippen molar-refractivity contribution in [2.24, 2.45) is 0 Å². The molecule has 0 bridgehead atoms. The Balaban J connectivity index is 0.00000289. The van der Waals surface area contributed by atoms with E-state index in [4.69, 9.17) is 9.72 Å². The molecule has 1 aliphatic heterocycles. The topological polar surface area (TPSA) is 63.7 Å². The van der Waals surface area contributed by atoms with Crippen LogP contribution in [0.15, 0.2) is 72.9 Å². The molecule has 1 aliphatic rings. The van der Waals surface area contributed by atoms with Gasteiger partial charge in [0.05, 0.1) is 41.8 Å². The zero-order chi connectivity index (χ0) is 23.5. The molecule has 2 aromatic carbocycles. The summed E-state index contributed by atoms with van der Waals surface area (Å²) in [4.78, 5) is 5.04. The first-order valence-corrected chi connectivity index (χ1v) is 11.8. The van der Waals surface area contributed by atoms with Crippen LogP contribution in [0.1, 0.15) is 38.2 Å². The highest BCUT2D eigenvalue weighted by molar-refractivity contribution is 5.90. The van der Waals surface area contributed by atoms with Gasteiger partial charge in [0, 0.05) is 19.1 Å². The van der Waals surface area contributed by atoms with Crippen molar-refractivity contribution < 1.29 is 6.16 Å². The van der Waals surface area contributed by atoms with Crippen LogP contribution in [-0.4, -0.2) is 27.5 Å². The van der Waals surface area contributed by atoms with Crippen LogP contribution in [-0.2, 0) is 11.3 Å². The van der Waals surface area contributed by atoms with Crippen molar-refractivity contribution in [3.63, 3.8) is 0 Å². The molecule has 1 fully saturated rings. The van der Waals surface area contributed by atoms with Crippen molar-refractivity contribution in [3.8, 4) is 28.5 Å². The van der Waals surface area contributed by atoms with Gasteiger partial charge in [0.25, 0.3) is 0 Å². The molecule has 172 valence electrons. The van der Waals surface area contributed by atoms with Crippen molar-refractivity contribution in [2.75, 3.05) is 6.61 Å². The number of pyridine rings is 1. The summed E-state index contributed by atoms with van der Waals surface area (Å²) < 4.78 is 8.08. The van der Waals surface area contributed by atoms with Crippen LogP contribution >= 0.6 is 0 Å². The third-order valence-electron chi connectivity index (χ3n) is 6.57. The monoisotopic (exact) mass is 450 g/mol. The van der Waals surface area contributed by atoms with Crippen LogP contribution in [0.2, 0.25) is 0 Å². The van der Waals surface area contributed by atoms with Crippen molar-refractivity contribution in [1.29, 1.82) is 5.26 Å². The van der Waals surface area contributed by atoms with Gasteiger partial charge in [0.2, 0.25) is 0 Å². The van der Waals surface area contributed by atoms with Crippen molar-refractivity contribution in [1.82, 2.24) is 14.8 Å². The third kappa shape index (κ3) is 4.64. The molecule has 1 atom stereocenters. The van der Waals surface area contributed by atoms with Gasteiger partial charge in [-0.15, -0.1) is 0 Å². The number of hydrogen-bond donors (Lipinski definition) is 0. The second kappa shape index (κ2) is 9.62. The first-order valence-electron chi connectivity index (χ1n) is 11.8. The fourth-order valence-corrected chi connectivity index (χ4v) is 4.50. The first kappa shape index (κ1) is 22.1. The highest BCUT2D eigenvalue weighted by Crippen LogP contribution is 2.34. The lowest BCUT2D eigenvalue weighted by Gasteiger charge is -2.15. The maximum absolute atomic E-state index is 9.22. The second-order valence-corrected chi connectivity index (χ2v) is 9.03. The van der Waals surface area contributed by atoms with E-state index in [0.717, 1.165) is 72.3 Å².